The number of thioether (sulfide) groups is 1. The van der Waals surface area contributed by atoms with Gasteiger partial charge in [0.25, 0.3) is 5.91 Å². The van der Waals surface area contributed by atoms with Crippen LogP contribution in [-0.4, -0.2) is 41.1 Å². The molecule has 0 fully saturated rings. The topological polar surface area (TPSA) is 90.3 Å². The molecule has 0 spiro atoms. The third-order valence-electron chi connectivity index (χ3n) is 5.13. The molecule has 160 valence electrons. The summed E-state index contributed by atoms with van der Waals surface area (Å²) in [6.07, 6.45) is 3.51. The molecule has 1 unspecified atom stereocenters. The highest BCUT2D eigenvalue weighted by Gasteiger charge is 2.33. The molecule has 0 bridgehead atoms. The number of amides is 1. The van der Waals surface area contributed by atoms with E-state index in [2.05, 4.69) is 20.7 Å². The highest BCUT2D eigenvalue weighted by Crippen LogP contribution is 2.37. The van der Waals surface area contributed by atoms with E-state index in [9.17, 15) is 4.79 Å². The third-order valence-corrected chi connectivity index (χ3v) is 5.87. The molecule has 1 aromatic heterocycles. The number of aromatic nitrogens is 3. The van der Waals surface area contributed by atoms with Crippen molar-refractivity contribution in [2.75, 3.05) is 31.1 Å². The number of hydrogen-bond donors (Lipinski definition) is 2. The van der Waals surface area contributed by atoms with Crippen molar-refractivity contribution < 1.29 is 14.3 Å². The fourth-order valence-corrected chi connectivity index (χ4v) is 3.98. The van der Waals surface area contributed by atoms with E-state index >= 15 is 0 Å². The number of carbonyl (C=O) groups is 1. The van der Waals surface area contributed by atoms with Gasteiger partial charge in [0.05, 0.1) is 25.5 Å². The van der Waals surface area contributed by atoms with E-state index in [1.807, 2.05) is 37.4 Å². The van der Waals surface area contributed by atoms with Gasteiger partial charge in [-0.05, 0) is 43.0 Å². The monoisotopic (exact) mass is 437 g/mol. The molecule has 1 aliphatic rings. The van der Waals surface area contributed by atoms with Crippen molar-refractivity contribution in [2.24, 2.45) is 0 Å². The molecule has 0 saturated carbocycles. The van der Waals surface area contributed by atoms with Gasteiger partial charge >= 0.3 is 0 Å². The lowest BCUT2D eigenvalue weighted by atomic mass is 9.95. The summed E-state index contributed by atoms with van der Waals surface area (Å²) in [4.78, 5) is 18.9. The van der Waals surface area contributed by atoms with E-state index in [0.717, 1.165) is 10.5 Å². The van der Waals surface area contributed by atoms with Crippen LogP contribution in [0.3, 0.4) is 0 Å². The highest BCUT2D eigenvalue weighted by atomic mass is 32.2. The minimum absolute atomic E-state index is 0.256. The average molecular weight is 438 g/mol. The maximum atomic E-state index is 13.5. The fourth-order valence-electron chi connectivity index (χ4n) is 3.57. The number of rotatable bonds is 6. The number of fused-ring (bicyclic) bond motifs is 1. The molecule has 1 amide bonds. The zero-order valence-corrected chi connectivity index (χ0v) is 18.5. The van der Waals surface area contributed by atoms with Crippen molar-refractivity contribution in [1.29, 1.82) is 0 Å². The Balaban J connectivity index is 1.73. The van der Waals surface area contributed by atoms with E-state index in [1.54, 1.807) is 48.9 Å². The van der Waals surface area contributed by atoms with Crippen molar-refractivity contribution in [3.8, 4) is 11.5 Å². The van der Waals surface area contributed by atoms with Crippen molar-refractivity contribution in [3.63, 3.8) is 0 Å². The Morgan fingerprint density at radius 3 is 2.61 bits per heavy atom. The molecular formula is C22H23N5O3S. The van der Waals surface area contributed by atoms with Crippen molar-refractivity contribution in [2.45, 2.75) is 17.9 Å². The Labute approximate surface area is 184 Å². The van der Waals surface area contributed by atoms with Gasteiger partial charge in [0.15, 0.2) is 0 Å². The molecule has 0 aliphatic carbocycles. The van der Waals surface area contributed by atoms with Crippen molar-refractivity contribution in [1.82, 2.24) is 14.8 Å². The number of nitrogens with zero attached hydrogens (tertiary/aromatic N) is 3. The smallest absolute Gasteiger partial charge is 0.255 e. The van der Waals surface area contributed by atoms with Gasteiger partial charge in [0, 0.05) is 16.7 Å². The molecule has 2 N–H and O–H groups in total. The quantitative estimate of drug-likeness (QED) is 0.565. The molecule has 8 nitrogen and oxygen atoms in total. The lowest BCUT2D eigenvalue weighted by Crippen LogP contribution is -2.31. The molecule has 3 aromatic rings. The number of nitrogens with one attached hydrogen (secondary N) is 2. The molecule has 2 heterocycles. The molecule has 1 atom stereocenters. The van der Waals surface area contributed by atoms with Crippen LogP contribution in [-0.2, 0) is 4.79 Å². The molecule has 4 rings (SSSR count). The van der Waals surface area contributed by atoms with Crippen LogP contribution in [0.15, 0.2) is 65.0 Å². The highest BCUT2D eigenvalue weighted by molar-refractivity contribution is 7.98. The number of methoxy groups -OCH3 is 2. The van der Waals surface area contributed by atoms with E-state index in [4.69, 9.17) is 9.47 Å². The van der Waals surface area contributed by atoms with Crippen LogP contribution in [0.25, 0.3) is 0 Å². The first-order chi connectivity index (χ1) is 15.0. The summed E-state index contributed by atoms with van der Waals surface area (Å²) in [5.41, 5.74) is 2.75. The summed E-state index contributed by atoms with van der Waals surface area (Å²) in [6, 6.07) is 12.9. The standard InChI is InChI=1S/C22H23N5O3S/c1-13-19(21(28)26-17-10-7-15(29-2)11-18(17)30-3)20(27-22(25-13)23-12-24-27)14-5-8-16(31-4)9-6-14/h5-12,20H,1-4H3,(H,26,28)(H,23,24,25). The minimum atomic E-state index is -0.418. The molecule has 2 aromatic carbocycles. The number of anilines is 2. The van der Waals surface area contributed by atoms with E-state index in [1.165, 1.54) is 6.33 Å². The van der Waals surface area contributed by atoms with Crippen LogP contribution in [0.1, 0.15) is 18.5 Å². The summed E-state index contributed by atoms with van der Waals surface area (Å²) in [7, 11) is 3.13. The fraction of sp³-hybridized carbons (Fsp3) is 0.227. The Morgan fingerprint density at radius 1 is 1.16 bits per heavy atom. The van der Waals surface area contributed by atoms with Crippen LogP contribution >= 0.6 is 11.8 Å². The average Bonchev–Trinajstić information content (AvgIpc) is 3.26. The predicted molar refractivity (Wildman–Crippen MR) is 121 cm³/mol. The maximum Gasteiger partial charge on any atom is 0.255 e. The van der Waals surface area contributed by atoms with Gasteiger partial charge in [-0.15, -0.1) is 11.8 Å². The lowest BCUT2D eigenvalue weighted by Gasteiger charge is -2.29. The molecule has 31 heavy (non-hydrogen) atoms. The normalized spacial score (nSPS) is 15.2. The Morgan fingerprint density at radius 2 is 1.94 bits per heavy atom. The largest absolute Gasteiger partial charge is 0.497 e. The third kappa shape index (κ3) is 3.96. The zero-order chi connectivity index (χ0) is 22.0. The maximum absolute atomic E-state index is 13.5. The molecular weight excluding hydrogens is 414 g/mol. The van der Waals surface area contributed by atoms with Gasteiger partial charge in [0.2, 0.25) is 5.95 Å². The number of carbonyl (C=O) groups excluding carboxylic acids is 1. The first kappa shape index (κ1) is 20.8. The SMILES string of the molecule is COc1ccc(NC(=O)C2=C(C)Nc3ncnn3C2c2ccc(SC)cc2)c(OC)c1. The summed E-state index contributed by atoms with van der Waals surface area (Å²) in [5, 5.41) is 10.5. The molecule has 0 saturated heterocycles. The van der Waals surface area contributed by atoms with Gasteiger partial charge in [-0.2, -0.15) is 10.1 Å². The zero-order valence-electron chi connectivity index (χ0n) is 17.7. The number of hydrogen-bond acceptors (Lipinski definition) is 7. The summed E-state index contributed by atoms with van der Waals surface area (Å²) in [6.45, 7) is 1.86. The Bertz CT molecular complexity index is 1140. The van der Waals surface area contributed by atoms with Crippen LogP contribution in [0.5, 0.6) is 11.5 Å². The molecule has 9 heteroatoms. The Hall–Kier alpha value is -3.46. The minimum Gasteiger partial charge on any atom is -0.497 e. The molecule has 1 aliphatic heterocycles. The predicted octanol–water partition coefficient (Wildman–Crippen LogP) is 3.94. The van der Waals surface area contributed by atoms with Gasteiger partial charge in [-0.25, -0.2) is 4.68 Å². The molecule has 0 radical (unpaired) electrons. The van der Waals surface area contributed by atoms with Gasteiger partial charge in [0.1, 0.15) is 23.9 Å². The first-order valence-electron chi connectivity index (χ1n) is 9.60. The van der Waals surface area contributed by atoms with Gasteiger partial charge in [-0.1, -0.05) is 12.1 Å². The second-order valence-electron chi connectivity index (χ2n) is 6.89. The summed E-state index contributed by atoms with van der Waals surface area (Å²) < 4.78 is 12.4. The Kier molecular flexibility index (Phi) is 5.85. The van der Waals surface area contributed by atoms with Crippen molar-refractivity contribution in [3.05, 3.63) is 65.6 Å². The first-order valence-corrected chi connectivity index (χ1v) is 10.8. The van der Waals surface area contributed by atoms with E-state index in [0.29, 0.717) is 34.4 Å². The van der Waals surface area contributed by atoms with Crippen LogP contribution in [0, 0.1) is 0 Å². The van der Waals surface area contributed by atoms with Gasteiger partial charge in [-0.3, -0.25) is 4.79 Å². The van der Waals surface area contributed by atoms with E-state index < -0.39 is 6.04 Å². The second kappa shape index (κ2) is 8.73. The van der Waals surface area contributed by atoms with Crippen LogP contribution < -0.4 is 20.1 Å². The van der Waals surface area contributed by atoms with Crippen LogP contribution in [0.2, 0.25) is 0 Å². The lowest BCUT2D eigenvalue weighted by molar-refractivity contribution is -0.113. The van der Waals surface area contributed by atoms with E-state index in [-0.39, 0.29) is 5.91 Å². The summed E-state index contributed by atoms with van der Waals surface area (Å²) >= 11 is 1.67. The number of allylic oxidation sites excluding steroid dienone is 1. The van der Waals surface area contributed by atoms with Gasteiger partial charge < -0.3 is 20.1 Å². The number of ether oxygens (including phenoxy) is 2. The van der Waals surface area contributed by atoms with Crippen LogP contribution in [0.4, 0.5) is 11.6 Å². The summed E-state index contributed by atoms with van der Waals surface area (Å²) in [5.74, 6) is 1.49. The van der Waals surface area contributed by atoms with Crippen molar-refractivity contribution >= 4 is 29.3 Å². The number of benzene rings is 2. The second-order valence-corrected chi connectivity index (χ2v) is 7.77.